The Labute approximate surface area is 130 Å². The topological polar surface area (TPSA) is 73.9 Å². The lowest BCUT2D eigenvalue weighted by molar-refractivity contribution is -0.168. The molecule has 21 heavy (non-hydrogen) atoms. The number of ether oxygens (including phenoxy) is 1. The Morgan fingerprint density at radius 2 is 2.19 bits per heavy atom. The number of oxime groups is 1. The predicted molar refractivity (Wildman–Crippen MR) is 83.7 cm³/mol. The van der Waals surface area contributed by atoms with Crippen LogP contribution in [0.25, 0.3) is 0 Å². The molecule has 0 saturated heterocycles. The van der Waals surface area contributed by atoms with Crippen molar-refractivity contribution in [2.45, 2.75) is 32.3 Å². The Morgan fingerprint density at radius 3 is 2.76 bits per heavy atom. The maximum atomic E-state index is 12.3. The van der Waals surface area contributed by atoms with Gasteiger partial charge in [-0.1, -0.05) is 29.4 Å². The van der Waals surface area contributed by atoms with Gasteiger partial charge in [0.2, 0.25) is 5.60 Å². The lowest BCUT2D eigenvalue weighted by Crippen LogP contribution is -2.43. The summed E-state index contributed by atoms with van der Waals surface area (Å²) >= 11 is 0. The molecule has 0 bridgehead atoms. The van der Waals surface area contributed by atoms with E-state index in [1.165, 1.54) is 0 Å². The smallest absolute Gasteiger partial charge is 0.354 e. The summed E-state index contributed by atoms with van der Waals surface area (Å²) in [6, 6.07) is 7.90. The highest BCUT2D eigenvalue weighted by molar-refractivity contribution is 5.95. The van der Waals surface area contributed by atoms with Gasteiger partial charge in [-0.15, -0.1) is 12.4 Å². The van der Waals surface area contributed by atoms with Gasteiger partial charge in [0.1, 0.15) is 0 Å². The number of rotatable bonds is 5. The first kappa shape index (κ1) is 17.5. The Balaban J connectivity index is 0.00000220. The molecule has 0 aromatic heterocycles. The van der Waals surface area contributed by atoms with Crippen molar-refractivity contribution in [2.75, 3.05) is 13.2 Å². The molecule has 1 aliphatic heterocycles. The van der Waals surface area contributed by atoms with Gasteiger partial charge in [-0.2, -0.15) is 0 Å². The minimum Gasteiger partial charge on any atom is -0.463 e. The quantitative estimate of drug-likeness (QED) is 0.844. The number of esters is 1. The third-order valence-corrected chi connectivity index (χ3v) is 3.46. The van der Waals surface area contributed by atoms with Crippen molar-refractivity contribution in [1.82, 2.24) is 0 Å². The molecule has 1 aromatic rings. The van der Waals surface area contributed by atoms with Gasteiger partial charge in [-0.05, 0) is 25.0 Å². The third-order valence-electron chi connectivity index (χ3n) is 3.46. The van der Waals surface area contributed by atoms with Crippen molar-refractivity contribution in [2.24, 2.45) is 10.9 Å². The van der Waals surface area contributed by atoms with E-state index in [4.69, 9.17) is 15.3 Å². The van der Waals surface area contributed by atoms with Crippen molar-refractivity contribution in [3.63, 3.8) is 0 Å². The maximum absolute atomic E-state index is 12.3. The zero-order chi connectivity index (χ0) is 14.6. The van der Waals surface area contributed by atoms with Crippen molar-refractivity contribution in [3.05, 3.63) is 35.4 Å². The molecule has 0 radical (unpaired) electrons. The fourth-order valence-corrected chi connectivity index (χ4v) is 2.31. The van der Waals surface area contributed by atoms with Crippen LogP contribution in [0.4, 0.5) is 0 Å². The molecular formula is C15H21ClN2O3. The van der Waals surface area contributed by atoms with E-state index in [0.29, 0.717) is 25.2 Å². The van der Waals surface area contributed by atoms with Gasteiger partial charge >= 0.3 is 5.97 Å². The van der Waals surface area contributed by atoms with Gasteiger partial charge < -0.3 is 15.3 Å². The number of carbonyl (C=O) groups excluding carboxylic acids is 1. The van der Waals surface area contributed by atoms with E-state index in [-0.39, 0.29) is 24.9 Å². The van der Waals surface area contributed by atoms with Crippen molar-refractivity contribution in [1.29, 1.82) is 0 Å². The van der Waals surface area contributed by atoms with E-state index in [0.717, 1.165) is 11.1 Å². The van der Waals surface area contributed by atoms with Crippen LogP contribution < -0.4 is 5.73 Å². The van der Waals surface area contributed by atoms with Gasteiger partial charge in [-0.25, -0.2) is 4.79 Å². The largest absolute Gasteiger partial charge is 0.463 e. The Kier molecular flexibility index (Phi) is 6.18. The van der Waals surface area contributed by atoms with E-state index in [2.05, 4.69) is 5.16 Å². The van der Waals surface area contributed by atoms with Crippen LogP contribution in [0.1, 0.15) is 24.5 Å². The number of hydrogen-bond donors (Lipinski definition) is 1. The molecule has 0 amide bonds. The van der Waals surface area contributed by atoms with Crippen LogP contribution in [0.15, 0.2) is 29.4 Å². The molecule has 2 rings (SSSR count). The summed E-state index contributed by atoms with van der Waals surface area (Å²) < 4.78 is 5.16. The van der Waals surface area contributed by atoms with Gasteiger partial charge in [0, 0.05) is 19.4 Å². The number of benzene rings is 1. The standard InChI is InChI=1S/C15H20N2O3.ClH/c1-3-19-14(18)15(9-13(10-16)17-20-15)8-12-7-5-4-6-11(12)2;/h4-7H,3,8-10,16H2,1-2H3;1H. The Hall–Kier alpha value is -1.59. The van der Waals surface area contributed by atoms with E-state index < -0.39 is 5.60 Å². The fourth-order valence-electron chi connectivity index (χ4n) is 2.31. The highest BCUT2D eigenvalue weighted by Gasteiger charge is 2.47. The number of nitrogens with two attached hydrogens (primary N) is 1. The summed E-state index contributed by atoms with van der Waals surface area (Å²) in [5.41, 5.74) is 7.37. The number of carbonyl (C=O) groups is 1. The monoisotopic (exact) mass is 312 g/mol. The zero-order valence-electron chi connectivity index (χ0n) is 12.3. The van der Waals surface area contributed by atoms with E-state index >= 15 is 0 Å². The molecule has 0 fully saturated rings. The summed E-state index contributed by atoms with van der Waals surface area (Å²) in [6.07, 6.45) is 0.822. The third kappa shape index (κ3) is 3.74. The molecule has 0 aliphatic carbocycles. The van der Waals surface area contributed by atoms with Crippen molar-refractivity contribution < 1.29 is 14.4 Å². The van der Waals surface area contributed by atoms with E-state index in [1.54, 1.807) is 6.92 Å². The predicted octanol–water partition coefficient (Wildman–Crippen LogP) is 2.00. The van der Waals surface area contributed by atoms with Gasteiger partial charge in [0.15, 0.2) is 0 Å². The van der Waals surface area contributed by atoms with Gasteiger partial charge in [0.05, 0.1) is 12.3 Å². The average molecular weight is 313 g/mol. The minimum atomic E-state index is -1.07. The van der Waals surface area contributed by atoms with Crippen LogP contribution in [0.3, 0.4) is 0 Å². The Bertz CT molecular complexity index is 533. The maximum Gasteiger partial charge on any atom is 0.354 e. The number of nitrogens with zero attached hydrogens (tertiary/aromatic N) is 1. The molecule has 1 unspecified atom stereocenters. The molecule has 0 spiro atoms. The summed E-state index contributed by atoms with van der Waals surface area (Å²) in [5, 5.41) is 3.93. The summed E-state index contributed by atoms with van der Waals surface area (Å²) in [4.78, 5) is 17.7. The second-order valence-electron chi connectivity index (χ2n) is 4.95. The van der Waals surface area contributed by atoms with Crippen LogP contribution in [-0.4, -0.2) is 30.4 Å². The number of hydrogen-bond acceptors (Lipinski definition) is 5. The SMILES string of the molecule is CCOC(=O)C1(Cc2ccccc2C)CC(CN)=NO1.Cl. The number of aryl methyl sites for hydroxylation is 1. The normalized spacial score (nSPS) is 20.2. The highest BCUT2D eigenvalue weighted by atomic mass is 35.5. The second-order valence-corrected chi connectivity index (χ2v) is 4.95. The summed E-state index contributed by atoms with van der Waals surface area (Å²) in [6.45, 7) is 4.39. The van der Waals surface area contributed by atoms with Crippen molar-refractivity contribution in [3.8, 4) is 0 Å². The zero-order valence-corrected chi connectivity index (χ0v) is 13.1. The molecule has 1 atom stereocenters. The first-order valence-corrected chi connectivity index (χ1v) is 6.77. The lowest BCUT2D eigenvalue weighted by Gasteiger charge is -2.25. The summed E-state index contributed by atoms with van der Waals surface area (Å²) in [5.74, 6) is -0.379. The lowest BCUT2D eigenvalue weighted by atomic mass is 9.88. The van der Waals surface area contributed by atoms with Crippen LogP contribution in [0.5, 0.6) is 0 Å². The fraction of sp³-hybridized carbons (Fsp3) is 0.467. The highest BCUT2D eigenvalue weighted by Crippen LogP contribution is 2.30. The van der Waals surface area contributed by atoms with Crippen LogP contribution >= 0.6 is 12.4 Å². The average Bonchev–Trinajstić information content (AvgIpc) is 2.86. The van der Waals surface area contributed by atoms with Crippen LogP contribution in [-0.2, 0) is 20.8 Å². The van der Waals surface area contributed by atoms with E-state index in [1.807, 2.05) is 31.2 Å². The number of halogens is 1. The molecule has 2 N–H and O–H groups in total. The second kappa shape index (κ2) is 7.43. The molecule has 6 heteroatoms. The van der Waals surface area contributed by atoms with Crippen LogP contribution in [0, 0.1) is 6.92 Å². The molecule has 116 valence electrons. The summed E-state index contributed by atoms with van der Waals surface area (Å²) in [7, 11) is 0. The molecule has 1 aromatic carbocycles. The molecule has 5 nitrogen and oxygen atoms in total. The molecular weight excluding hydrogens is 292 g/mol. The molecule has 1 heterocycles. The molecule has 1 aliphatic rings. The first-order chi connectivity index (χ1) is 9.61. The van der Waals surface area contributed by atoms with Crippen LogP contribution in [0.2, 0.25) is 0 Å². The Morgan fingerprint density at radius 1 is 1.48 bits per heavy atom. The first-order valence-electron chi connectivity index (χ1n) is 6.77. The molecule has 0 saturated carbocycles. The van der Waals surface area contributed by atoms with Gasteiger partial charge in [0.25, 0.3) is 0 Å². The van der Waals surface area contributed by atoms with E-state index in [9.17, 15) is 4.79 Å². The van der Waals surface area contributed by atoms with Crippen molar-refractivity contribution >= 4 is 24.1 Å². The van der Waals surface area contributed by atoms with Gasteiger partial charge in [-0.3, -0.25) is 0 Å². The minimum absolute atomic E-state index is 0.